The van der Waals surface area contributed by atoms with Gasteiger partial charge in [-0.25, -0.2) is 4.79 Å². The highest BCUT2D eigenvalue weighted by atomic mass is 16.6. The van der Waals surface area contributed by atoms with Crippen molar-refractivity contribution in [3.05, 3.63) is 30.3 Å². The molecule has 4 heteroatoms. The third kappa shape index (κ3) is 6.58. The summed E-state index contributed by atoms with van der Waals surface area (Å²) in [7, 11) is 1.69. The van der Waals surface area contributed by atoms with Crippen LogP contribution in [0.5, 0.6) is 5.75 Å². The van der Waals surface area contributed by atoms with Crippen LogP contribution in [0, 0.1) is 0 Å². The van der Waals surface area contributed by atoms with Gasteiger partial charge in [-0.15, -0.1) is 0 Å². The zero-order valence-corrected chi connectivity index (χ0v) is 10.1. The molecule has 1 aromatic rings. The standard InChI is InChI=1S/C13H19NO3/c1-16-11-7-3-6-10-14-13(15)17-12-8-4-2-5-9-12/h2,4-5,8-9H,3,6-7,10-11H2,1H3,(H,14,15). The van der Waals surface area contributed by atoms with Crippen LogP contribution in [0.3, 0.4) is 0 Å². The van der Waals surface area contributed by atoms with Crippen molar-refractivity contribution in [1.29, 1.82) is 0 Å². The van der Waals surface area contributed by atoms with Crippen LogP contribution >= 0.6 is 0 Å². The van der Waals surface area contributed by atoms with E-state index in [2.05, 4.69) is 5.32 Å². The summed E-state index contributed by atoms with van der Waals surface area (Å²) in [6.07, 6.45) is 2.60. The molecule has 4 nitrogen and oxygen atoms in total. The molecular weight excluding hydrogens is 218 g/mol. The molecule has 0 aliphatic rings. The summed E-state index contributed by atoms with van der Waals surface area (Å²) < 4.78 is 10.0. The van der Waals surface area contributed by atoms with E-state index in [0.29, 0.717) is 12.3 Å². The van der Waals surface area contributed by atoms with Crippen LogP contribution in [0.2, 0.25) is 0 Å². The van der Waals surface area contributed by atoms with Crippen molar-refractivity contribution >= 4 is 6.09 Å². The molecule has 17 heavy (non-hydrogen) atoms. The highest BCUT2D eigenvalue weighted by Crippen LogP contribution is 2.08. The number of methoxy groups -OCH3 is 1. The summed E-state index contributed by atoms with van der Waals surface area (Å²) in [5, 5.41) is 2.71. The lowest BCUT2D eigenvalue weighted by molar-refractivity contribution is 0.190. The van der Waals surface area contributed by atoms with Crippen molar-refractivity contribution in [2.24, 2.45) is 0 Å². The fraction of sp³-hybridized carbons (Fsp3) is 0.462. The van der Waals surface area contributed by atoms with Gasteiger partial charge in [0.2, 0.25) is 0 Å². The summed E-state index contributed by atoms with van der Waals surface area (Å²) in [4.78, 5) is 11.3. The number of hydrogen-bond donors (Lipinski definition) is 1. The van der Waals surface area contributed by atoms with E-state index in [0.717, 1.165) is 25.9 Å². The Bertz CT molecular complexity index is 314. The third-order valence-corrected chi connectivity index (χ3v) is 2.25. The second-order valence-electron chi connectivity index (χ2n) is 3.68. The summed E-state index contributed by atoms with van der Waals surface area (Å²) >= 11 is 0. The number of benzene rings is 1. The SMILES string of the molecule is COCCCCCNC(=O)Oc1ccccc1. The van der Waals surface area contributed by atoms with Crippen LogP contribution in [-0.2, 0) is 4.74 Å². The molecule has 94 valence electrons. The van der Waals surface area contributed by atoms with Crippen molar-refractivity contribution in [1.82, 2.24) is 5.32 Å². The second kappa shape index (κ2) is 8.58. The Morgan fingerprint density at radius 3 is 2.65 bits per heavy atom. The van der Waals surface area contributed by atoms with Crippen molar-refractivity contribution in [3.63, 3.8) is 0 Å². The lowest BCUT2D eigenvalue weighted by Crippen LogP contribution is -2.27. The van der Waals surface area contributed by atoms with E-state index in [1.54, 1.807) is 19.2 Å². The number of unbranched alkanes of at least 4 members (excludes halogenated alkanes) is 2. The smallest absolute Gasteiger partial charge is 0.410 e. The molecule has 1 aromatic carbocycles. The molecule has 1 rings (SSSR count). The molecule has 0 radical (unpaired) electrons. The first-order valence-corrected chi connectivity index (χ1v) is 5.82. The molecular formula is C13H19NO3. The lowest BCUT2D eigenvalue weighted by Gasteiger charge is -2.06. The molecule has 0 saturated heterocycles. The van der Waals surface area contributed by atoms with Gasteiger partial charge < -0.3 is 14.8 Å². The molecule has 0 aliphatic heterocycles. The van der Waals surface area contributed by atoms with Crippen LogP contribution in [0.4, 0.5) is 4.79 Å². The number of amides is 1. The van der Waals surface area contributed by atoms with Gasteiger partial charge in [0.1, 0.15) is 5.75 Å². The van der Waals surface area contributed by atoms with Gasteiger partial charge >= 0.3 is 6.09 Å². The maximum absolute atomic E-state index is 11.3. The van der Waals surface area contributed by atoms with Crippen LogP contribution in [0.25, 0.3) is 0 Å². The van der Waals surface area contributed by atoms with Gasteiger partial charge in [-0.1, -0.05) is 18.2 Å². The highest BCUT2D eigenvalue weighted by molar-refractivity contribution is 5.70. The maximum atomic E-state index is 11.3. The average molecular weight is 237 g/mol. The van der Waals surface area contributed by atoms with E-state index < -0.39 is 6.09 Å². The molecule has 1 amide bonds. The summed E-state index contributed by atoms with van der Waals surface area (Å²) in [5.41, 5.74) is 0. The molecule has 0 saturated carbocycles. The molecule has 0 heterocycles. The second-order valence-corrected chi connectivity index (χ2v) is 3.68. The minimum atomic E-state index is -0.400. The van der Waals surface area contributed by atoms with Gasteiger partial charge in [-0.05, 0) is 31.4 Å². The van der Waals surface area contributed by atoms with Gasteiger partial charge in [0, 0.05) is 20.3 Å². The molecule has 0 atom stereocenters. The van der Waals surface area contributed by atoms with E-state index in [-0.39, 0.29) is 0 Å². The van der Waals surface area contributed by atoms with E-state index >= 15 is 0 Å². The lowest BCUT2D eigenvalue weighted by atomic mass is 10.2. The zero-order chi connectivity index (χ0) is 12.3. The van der Waals surface area contributed by atoms with Gasteiger partial charge in [-0.3, -0.25) is 0 Å². The van der Waals surface area contributed by atoms with Crippen LogP contribution in [0.15, 0.2) is 30.3 Å². The number of carbonyl (C=O) groups excluding carboxylic acids is 1. The first-order valence-electron chi connectivity index (χ1n) is 5.82. The Morgan fingerprint density at radius 1 is 1.18 bits per heavy atom. The predicted octanol–water partition coefficient (Wildman–Crippen LogP) is 2.59. The van der Waals surface area contributed by atoms with Crippen molar-refractivity contribution in [2.75, 3.05) is 20.3 Å². The topological polar surface area (TPSA) is 47.6 Å². The fourth-order valence-corrected chi connectivity index (χ4v) is 1.37. The highest BCUT2D eigenvalue weighted by Gasteiger charge is 2.01. The molecule has 0 unspecified atom stereocenters. The Morgan fingerprint density at radius 2 is 1.94 bits per heavy atom. The first-order chi connectivity index (χ1) is 8.33. The van der Waals surface area contributed by atoms with Gasteiger partial charge in [-0.2, -0.15) is 0 Å². The first kappa shape index (κ1) is 13.5. The monoisotopic (exact) mass is 237 g/mol. The van der Waals surface area contributed by atoms with Crippen molar-refractivity contribution in [3.8, 4) is 5.75 Å². The largest absolute Gasteiger partial charge is 0.412 e. The number of para-hydroxylation sites is 1. The number of carbonyl (C=O) groups is 1. The minimum Gasteiger partial charge on any atom is -0.410 e. The Kier molecular flexibility index (Phi) is 6.82. The quantitative estimate of drug-likeness (QED) is 0.741. The van der Waals surface area contributed by atoms with Crippen LogP contribution < -0.4 is 10.1 Å². The third-order valence-electron chi connectivity index (χ3n) is 2.25. The molecule has 0 spiro atoms. The van der Waals surface area contributed by atoms with Crippen molar-refractivity contribution < 1.29 is 14.3 Å². The van der Waals surface area contributed by atoms with E-state index in [1.165, 1.54) is 0 Å². The van der Waals surface area contributed by atoms with E-state index in [9.17, 15) is 4.79 Å². The summed E-state index contributed by atoms with van der Waals surface area (Å²) in [6.45, 7) is 1.41. The van der Waals surface area contributed by atoms with E-state index in [1.807, 2.05) is 18.2 Å². The maximum Gasteiger partial charge on any atom is 0.412 e. The average Bonchev–Trinajstić information content (AvgIpc) is 2.35. The van der Waals surface area contributed by atoms with Crippen LogP contribution in [0.1, 0.15) is 19.3 Å². The van der Waals surface area contributed by atoms with Crippen molar-refractivity contribution in [2.45, 2.75) is 19.3 Å². The normalized spacial score (nSPS) is 9.94. The molecule has 0 aliphatic carbocycles. The zero-order valence-electron chi connectivity index (χ0n) is 10.1. The molecule has 0 aromatic heterocycles. The minimum absolute atomic E-state index is 0.400. The molecule has 1 N–H and O–H groups in total. The summed E-state index contributed by atoms with van der Waals surface area (Å²) in [5.74, 6) is 0.560. The Balaban J connectivity index is 2.06. The van der Waals surface area contributed by atoms with E-state index in [4.69, 9.17) is 9.47 Å². The van der Waals surface area contributed by atoms with Gasteiger partial charge in [0.25, 0.3) is 0 Å². The molecule has 0 fully saturated rings. The number of nitrogens with one attached hydrogen (secondary N) is 1. The number of hydrogen-bond acceptors (Lipinski definition) is 3. The Labute approximate surface area is 102 Å². The van der Waals surface area contributed by atoms with Crippen LogP contribution in [-0.4, -0.2) is 26.4 Å². The molecule has 0 bridgehead atoms. The van der Waals surface area contributed by atoms with Gasteiger partial charge in [0.15, 0.2) is 0 Å². The number of rotatable bonds is 7. The Hall–Kier alpha value is -1.55. The summed E-state index contributed by atoms with van der Waals surface area (Å²) in [6, 6.07) is 9.03. The number of ether oxygens (including phenoxy) is 2. The predicted molar refractivity (Wildman–Crippen MR) is 66.2 cm³/mol. The fourth-order valence-electron chi connectivity index (χ4n) is 1.37. The van der Waals surface area contributed by atoms with Gasteiger partial charge in [0.05, 0.1) is 0 Å².